The first-order valence-electron chi connectivity index (χ1n) is 8.69. The number of rotatable bonds is 6. The third-order valence-corrected chi connectivity index (χ3v) is 4.19. The summed E-state index contributed by atoms with van der Waals surface area (Å²) in [5.41, 5.74) is 1.76. The average molecular weight is 397 g/mol. The highest BCUT2D eigenvalue weighted by Gasteiger charge is 2.18. The third kappa shape index (κ3) is 4.55. The fourth-order valence-corrected chi connectivity index (χ4v) is 2.62. The lowest BCUT2D eigenvalue weighted by Crippen LogP contribution is -2.13. The normalized spacial score (nSPS) is 10.4. The van der Waals surface area contributed by atoms with E-state index in [0.717, 1.165) is 5.56 Å². The Morgan fingerprint density at radius 2 is 1.86 bits per heavy atom. The number of ether oxygens (including phenoxy) is 2. The Bertz CT molecular complexity index is 1050. The number of esters is 2. The van der Waals surface area contributed by atoms with Crippen LogP contribution >= 0.6 is 0 Å². The van der Waals surface area contributed by atoms with Gasteiger partial charge in [-0.05, 0) is 49.7 Å². The van der Waals surface area contributed by atoms with E-state index in [1.807, 2.05) is 0 Å². The maximum absolute atomic E-state index is 12.4. The molecule has 1 N–H and O–H groups in total. The number of nitrogens with one attached hydrogen (secondary N) is 1. The lowest BCUT2D eigenvalue weighted by molar-refractivity contribution is 0.0443. The highest BCUT2D eigenvalue weighted by atomic mass is 16.5. The fourth-order valence-electron chi connectivity index (χ4n) is 2.62. The van der Waals surface area contributed by atoms with E-state index < -0.39 is 17.8 Å². The van der Waals surface area contributed by atoms with Crippen LogP contribution in [-0.4, -0.2) is 25.0 Å². The molecule has 0 spiro atoms. The quantitative estimate of drug-likeness (QED) is 0.629. The zero-order valence-corrected chi connectivity index (χ0v) is 16.1. The van der Waals surface area contributed by atoms with Crippen LogP contribution in [0.5, 0.6) is 0 Å². The molecule has 2 aromatic heterocycles. The number of aryl methyl sites for hydroxylation is 2. The van der Waals surface area contributed by atoms with Gasteiger partial charge in [-0.15, -0.1) is 0 Å². The molecule has 8 nitrogen and oxygen atoms in total. The summed E-state index contributed by atoms with van der Waals surface area (Å²) in [6, 6.07) is 9.42. The highest BCUT2D eigenvalue weighted by molar-refractivity contribution is 6.03. The van der Waals surface area contributed by atoms with Crippen LogP contribution < -0.4 is 5.32 Å². The second-order valence-electron chi connectivity index (χ2n) is 6.21. The zero-order valence-electron chi connectivity index (χ0n) is 16.1. The minimum Gasteiger partial charge on any atom is -0.465 e. The van der Waals surface area contributed by atoms with Crippen LogP contribution in [0, 0.1) is 13.8 Å². The van der Waals surface area contributed by atoms with Gasteiger partial charge in [-0.2, -0.15) is 0 Å². The fraction of sp³-hybridized carbons (Fsp3) is 0.190. The number of carbonyl (C=O) groups is 3. The minimum atomic E-state index is -0.604. The van der Waals surface area contributed by atoms with E-state index in [1.165, 1.54) is 31.6 Å². The van der Waals surface area contributed by atoms with Crippen LogP contribution in [0.25, 0.3) is 0 Å². The van der Waals surface area contributed by atoms with Gasteiger partial charge in [0.2, 0.25) is 0 Å². The standard InChI is InChI=1S/C21H19NO7/c1-12-6-7-14(9-17(12)22-19(23)18-5-4-8-27-18)20(24)28-11-15-10-16(13(2)29-15)21(25)26-3/h4-10H,11H2,1-3H3,(H,22,23). The van der Waals surface area contributed by atoms with Crippen molar-refractivity contribution in [3.8, 4) is 0 Å². The van der Waals surface area contributed by atoms with Gasteiger partial charge in [-0.25, -0.2) is 9.59 Å². The summed E-state index contributed by atoms with van der Waals surface area (Å²) in [6.45, 7) is 3.26. The van der Waals surface area contributed by atoms with Gasteiger partial charge in [-0.1, -0.05) is 6.07 Å². The van der Waals surface area contributed by atoms with Crippen molar-refractivity contribution in [2.45, 2.75) is 20.5 Å². The molecular weight excluding hydrogens is 378 g/mol. The Labute approximate surface area is 166 Å². The highest BCUT2D eigenvalue weighted by Crippen LogP contribution is 2.20. The number of methoxy groups -OCH3 is 1. The van der Waals surface area contributed by atoms with Crippen LogP contribution in [0.1, 0.15) is 48.4 Å². The van der Waals surface area contributed by atoms with Crippen molar-refractivity contribution in [3.05, 3.63) is 76.6 Å². The molecule has 0 atom stereocenters. The van der Waals surface area contributed by atoms with Crippen LogP contribution in [-0.2, 0) is 16.1 Å². The first-order chi connectivity index (χ1) is 13.9. The lowest BCUT2D eigenvalue weighted by atomic mass is 10.1. The Morgan fingerprint density at radius 3 is 2.55 bits per heavy atom. The molecule has 0 unspecified atom stereocenters. The Hall–Kier alpha value is -3.81. The van der Waals surface area contributed by atoms with E-state index in [2.05, 4.69) is 10.1 Å². The SMILES string of the molecule is COC(=O)c1cc(COC(=O)c2ccc(C)c(NC(=O)c3ccco3)c2)oc1C. The van der Waals surface area contributed by atoms with E-state index in [-0.39, 0.29) is 23.5 Å². The first kappa shape index (κ1) is 19.9. The van der Waals surface area contributed by atoms with Gasteiger partial charge in [0.1, 0.15) is 23.7 Å². The monoisotopic (exact) mass is 397 g/mol. The van der Waals surface area contributed by atoms with Crippen molar-refractivity contribution in [2.24, 2.45) is 0 Å². The van der Waals surface area contributed by atoms with Crippen molar-refractivity contribution in [3.63, 3.8) is 0 Å². The van der Waals surface area contributed by atoms with E-state index in [9.17, 15) is 14.4 Å². The second kappa shape index (κ2) is 8.47. The van der Waals surface area contributed by atoms with E-state index >= 15 is 0 Å². The van der Waals surface area contributed by atoms with Gasteiger partial charge in [0.15, 0.2) is 5.76 Å². The molecule has 1 amide bonds. The molecule has 0 aliphatic rings. The smallest absolute Gasteiger partial charge is 0.341 e. The first-order valence-corrected chi connectivity index (χ1v) is 8.69. The summed E-state index contributed by atoms with van der Waals surface area (Å²) in [5.74, 6) is -0.709. The maximum atomic E-state index is 12.4. The molecular formula is C21H19NO7. The predicted molar refractivity (Wildman–Crippen MR) is 102 cm³/mol. The summed E-state index contributed by atoms with van der Waals surface area (Å²) in [6.07, 6.45) is 1.40. The molecule has 3 rings (SSSR count). The van der Waals surface area contributed by atoms with Gasteiger partial charge in [0.05, 0.1) is 18.9 Å². The van der Waals surface area contributed by atoms with Crippen molar-refractivity contribution >= 4 is 23.5 Å². The molecule has 3 aromatic rings. The van der Waals surface area contributed by atoms with Crippen LogP contribution in [0.4, 0.5) is 5.69 Å². The summed E-state index contributed by atoms with van der Waals surface area (Å²) < 4.78 is 20.4. The van der Waals surface area contributed by atoms with Gasteiger partial charge in [0.25, 0.3) is 5.91 Å². The number of carbonyl (C=O) groups excluding carboxylic acids is 3. The van der Waals surface area contributed by atoms with Crippen molar-refractivity contribution in [1.29, 1.82) is 0 Å². The summed E-state index contributed by atoms with van der Waals surface area (Å²) in [5, 5.41) is 2.70. The molecule has 1 aromatic carbocycles. The summed E-state index contributed by atoms with van der Waals surface area (Å²) in [4.78, 5) is 36.2. The van der Waals surface area contributed by atoms with Crippen LogP contribution in [0.15, 0.2) is 51.5 Å². The molecule has 0 saturated heterocycles. The molecule has 0 aliphatic heterocycles. The van der Waals surface area contributed by atoms with Gasteiger partial charge < -0.3 is 23.6 Å². The molecule has 0 saturated carbocycles. The number of furan rings is 2. The molecule has 0 radical (unpaired) electrons. The Balaban J connectivity index is 1.68. The molecule has 8 heteroatoms. The molecule has 150 valence electrons. The minimum absolute atomic E-state index is 0.154. The molecule has 2 heterocycles. The number of benzene rings is 1. The van der Waals surface area contributed by atoms with E-state index in [1.54, 1.807) is 32.0 Å². The predicted octanol–water partition coefficient (Wildman–Crippen LogP) is 3.89. The average Bonchev–Trinajstić information content (AvgIpc) is 3.37. The largest absolute Gasteiger partial charge is 0.465 e. The number of amides is 1. The molecule has 0 fully saturated rings. The van der Waals surface area contributed by atoms with Crippen LogP contribution in [0.2, 0.25) is 0 Å². The third-order valence-electron chi connectivity index (χ3n) is 4.19. The molecule has 0 bridgehead atoms. The van der Waals surface area contributed by atoms with E-state index in [4.69, 9.17) is 13.6 Å². The van der Waals surface area contributed by atoms with Crippen molar-refractivity contribution < 1.29 is 32.7 Å². The lowest BCUT2D eigenvalue weighted by Gasteiger charge is -2.09. The summed E-state index contributed by atoms with van der Waals surface area (Å²) >= 11 is 0. The zero-order chi connectivity index (χ0) is 21.0. The number of anilines is 1. The Kier molecular flexibility index (Phi) is 5.82. The van der Waals surface area contributed by atoms with E-state index in [0.29, 0.717) is 17.2 Å². The number of hydrogen-bond acceptors (Lipinski definition) is 7. The van der Waals surface area contributed by atoms with Crippen molar-refractivity contribution in [1.82, 2.24) is 0 Å². The topological polar surface area (TPSA) is 108 Å². The second-order valence-corrected chi connectivity index (χ2v) is 6.21. The molecule has 0 aliphatic carbocycles. The van der Waals surface area contributed by atoms with Crippen LogP contribution in [0.3, 0.4) is 0 Å². The van der Waals surface area contributed by atoms with Gasteiger partial charge in [-0.3, -0.25) is 4.79 Å². The Morgan fingerprint density at radius 1 is 1.07 bits per heavy atom. The van der Waals surface area contributed by atoms with Crippen molar-refractivity contribution in [2.75, 3.05) is 12.4 Å². The maximum Gasteiger partial charge on any atom is 0.341 e. The molecule has 29 heavy (non-hydrogen) atoms. The number of hydrogen-bond donors (Lipinski definition) is 1. The van der Waals surface area contributed by atoms with Gasteiger partial charge >= 0.3 is 11.9 Å². The van der Waals surface area contributed by atoms with Gasteiger partial charge in [0, 0.05) is 5.69 Å². The summed E-state index contributed by atoms with van der Waals surface area (Å²) in [7, 11) is 1.27.